The van der Waals surface area contributed by atoms with Gasteiger partial charge in [-0.1, -0.05) is 0 Å². The van der Waals surface area contributed by atoms with Gasteiger partial charge in [-0.15, -0.1) is 0 Å². The molecule has 1 saturated carbocycles. The smallest absolute Gasteiger partial charge is 0.303 e. The number of carbonyl (C=O) groups is 1. The predicted molar refractivity (Wildman–Crippen MR) is 92.8 cm³/mol. The third-order valence-corrected chi connectivity index (χ3v) is 6.87. The molecule has 0 bridgehead atoms. The maximum absolute atomic E-state index is 14.4. The van der Waals surface area contributed by atoms with Crippen molar-refractivity contribution in [2.75, 3.05) is 29.4 Å². The molecule has 5 nitrogen and oxygen atoms in total. The first-order valence-electron chi connectivity index (χ1n) is 9.51. The summed E-state index contributed by atoms with van der Waals surface area (Å²) in [5.41, 5.74) is 0.873. The molecule has 2 aliphatic heterocycles. The van der Waals surface area contributed by atoms with Crippen LogP contribution in [0.25, 0.3) is 0 Å². The van der Waals surface area contributed by atoms with E-state index in [9.17, 15) is 13.6 Å². The SMILES string of the molecule is C[C@H]1CCN1c1nc(N2C[C@@H]3[C@@H](CC(=O)O)[C@@H]3C2)cc2c1CCC2(F)F. The number of halogens is 2. The molecule has 26 heavy (non-hydrogen) atoms. The van der Waals surface area contributed by atoms with Crippen molar-refractivity contribution < 1.29 is 18.7 Å². The summed E-state index contributed by atoms with van der Waals surface area (Å²) in [5, 5.41) is 8.97. The molecule has 2 aliphatic carbocycles. The summed E-state index contributed by atoms with van der Waals surface area (Å²) in [4.78, 5) is 19.9. The van der Waals surface area contributed by atoms with Gasteiger partial charge in [0, 0.05) is 49.6 Å². The number of aromatic nitrogens is 1. The average molecular weight is 363 g/mol. The van der Waals surface area contributed by atoms with Gasteiger partial charge in [-0.3, -0.25) is 4.79 Å². The molecule has 1 aromatic rings. The first-order valence-corrected chi connectivity index (χ1v) is 9.51. The van der Waals surface area contributed by atoms with E-state index in [1.165, 1.54) is 0 Å². The van der Waals surface area contributed by atoms with Crippen LogP contribution in [-0.2, 0) is 17.1 Å². The number of alkyl halides is 2. The summed E-state index contributed by atoms with van der Waals surface area (Å²) in [6.07, 6.45) is 1.55. The van der Waals surface area contributed by atoms with Crippen molar-refractivity contribution in [2.24, 2.45) is 17.8 Å². The Morgan fingerprint density at radius 2 is 2.12 bits per heavy atom. The van der Waals surface area contributed by atoms with E-state index in [4.69, 9.17) is 10.1 Å². The number of aliphatic carboxylic acids is 1. The summed E-state index contributed by atoms with van der Waals surface area (Å²) in [6.45, 7) is 4.45. The van der Waals surface area contributed by atoms with Crippen LogP contribution in [0.15, 0.2) is 6.07 Å². The molecular formula is C19H23F2N3O2. The van der Waals surface area contributed by atoms with Crippen molar-refractivity contribution in [3.63, 3.8) is 0 Å². The molecule has 0 radical (unpaired) electrons. The van der Waals surface area contributed by atoms with Gasteiger partial charge >= 0.3 is 5.97 Å². The van der Waals surface area contributed by atoms with Crippen molar-refractivity contribution in [1.29, 1.82) is 0 Å². The van der Waals surface area contributed by atoms with Crippen molar-refractivity contribution in [3.8, 4) is 0 Å². The Kier molecular flexibility index (Phi) is 3.32. The molecule has 140 valence electrons. The number of carboxylic acid groups (broad SMARTS) is 1. The highest BCUT2D eigenvalue weighted by atomic mass is 19.3. The Hall–Kier alpha value is -1.92. The van der Waals surface area contributed by atoms with Gasteiger partial charge < -0.3 is 14.9 Å². The number of hydrogen-bond acceptors (Lipinski definition) is 4. The largest absolute Gasteiger partial charge is 0.481 e. The number of hydrogen-bond donors (Lipinski definition) is 1. The van der Waals surface area contributed by atoms with Gasteiger partial charge in [-0.2, -0.15) is 0 Å². The third kappa shape index (κ3) is 2.32. The highest BCUT2D eigenvalue weighted by Gasteiger charge is 2.56. The molecule has 5 rings (SSSR count). The van der Waals surface area contributed by atoms with Crippen LogP contribution in [0.2, 0.25) is 0 Å². The second-order valence-corrected chi connectivity index (χ2v) is 8.36. The van der Waals surface area contributed by atoms with Gasteiger partial charge in [-0.05, 0) is 43.6 Å². The number of anilines is 2. The van der Waals surface area contributed by atoms with Crippen LogP contribution in [0.5, 0.6) is 0 Å². The topological polar surface area (TPSA) is 56.7 Å². The summed E-state index contributed by atoms with van der Waals surface area (Å²) < 4.78 is 28.9. The summed E-state index contributed by atoms with van der Waals surface area (Å²) in [6, 6.07) is 1.94. The molecule has 1 aromatic heterocycles. The van der Waals surface area contributed by atoms with Crippen LogP contribution >= 0.6 is 0 Å². The molecule has 1 N–H and O–H groups in total. The molecule has 7 heteroatoms. The monoisotopic (exact) mass is 363 g/mol. The van der Waals surface area contributed by atoms with Gasteiger partial charge in [0.15, 0.2) is 0 Å². The van der Waals surface area contributed by atoms with Crippen LogP contribution in [0.1, 0.15) is 37.3 Å². The zero-order valence-corrected chi connectivity index (χ0v) is 14.8. The normalized spacial score (nSPS) is 33.7. The molecule has 4 atom stereocenters. The van der Waals surface area contributed by atoms with Gasteiger partial charge in [0.25, 0.3) is 5.92 Å². The third-order valence-electron chi connectivity index (χ3n) is 6.87. The van der Waals surface area contributed by atoms with E-state index in [2.05, 4.69) is 16.7 Å². The Morgan fingerprint density at radius 3 is 2.69 bits per heavy atom. The maximum Gasteiger partial charge on any atom is 0.303 e. The molecule has 0 unspecified atom stereocenters. The fraction of sp³-hybridized carbons (Fsp3) is 0.684. The highest BCUT2D eigenvalue weighted by molar-refractivity contribution is 5.68. The van der Waals surface area contributed by atoms with Gasteiger partial charge in [0.1, 0.15) is 11.6 Å². The van der Waals surface area contributed by atoms with E-state index in [0.717, 1.165) is 37.4 Å². The second-order valence-electron chi connectivity index (χ2n) is 8.36. The van der Waals surface area contributed by atoms with Crippen molar-refractivity contribution in [2.45, 2.75) is 44.6 Å². The maximum atomic E-state index is 14.4. The predicted octanol–water partition coefficient (Wildman–Crippen LogP) is 2.88. The average Bonchev–Trinajstić information content (AvgIpc) is 2.93. The number of piperidine rings is 1. The minimum Gasteiger partial charge on any atom is -0.481 e. The summed E-state index contributed by atoms with van der Waals surface area (Å²) in [5.74, 6) is -1.16. The van der Waals surface area contributed by atoms with Gasteiger partial charge in [0.2, 0.25) is 0 Å². The van der Waals surface area contributed by atoms with E-state index >= 15 is 0 Å². The lowest BCUT2D eigenvalue weighted by molar-refractivity contribution is -0.137. The quantitative estimate of drug-likeness (QED) is 0.892. The van der Waals surface area contributed by atoms with Crippen molar-refractivity contribution in [1.82, 2.24) is 4.98 Å². The highest BCUT2D eigenvalue weighted by Crippen LogP contribution is 2.55. The van der Waals surface area contributed by atoms with Crippen molar-refractivity contribution >= 4 is 17.6 Å². The Balaban J connectivity index is 1.44. The fourth-order valence-corrected chi connectivity index (χ4v) is 5.11. The molecule has 2 saturated heterocycles. The van der Waals surface area contributed by atoms with Crippen LogP contribution in [0.4, 0.5) is 20.4 Å². The van der Waals surface area contributed by atoms with E-state index in [1.807, 2.05) is 0 Å². The minimum atomic E-state index is -2.77. The Labute approximate surface area is 151 Å². The van der Waals surface area contributed by atoms with E-state index in [-0.39, 0.29) is 24.3 Å². The number of carboxylic acids is 1. The zero-order chi connectivity index (χ0) is 18.2. The lowest BCUT2D eigenvalue weighted by Crippen LogP contribution is -2.47. The molecular weight excluding hydrogens is 340 g/mol. The lowest BCUT2D eigenvalue weighted by Gasteiger charge is -2.41. The second kappa shape index (κ2) is 5.30. The summed E-state index contributed by atoms with van der Waals surface area (Å²) >= 11 is 0. The number of nitrogens with zero attached hydrogens (tertiary/aromatic N) is 3. The minimum absolute atomic E-state index is 0.130. The summed E-state index contributed by atoms with van der Waals surface area (Å²) in [7, 11) is 0. The number of pyridine rings is 1. The molecule has 3 fully saturated rings. The number of rotatable bonds is 4. The molecule has 0 aromatic carbocycles. The van der Waals surface area contributed by atoms with Gasteiger partial charge in [-0.25, -0.2) is 13.8 Å². The Bertz CT molecular complexity index is 772. The molecule has 0 amide bonds. The fourth-order valence-electron chi connectivity index (χ4n) is 5.11. The Morgan fingerprint density at radius 1 is 1.38 bits per heavy atom. The lowest BCUT2D eigenvalue weighted by atomic mass is 10.0. The molecule has 4 aliphatic rings. The first-order chi connectivity index (χ1) is 12.3. The zero-order valence-electron chi connectivity index (χ0n) is 14.8. The molecule has 3 heterocycles. The van der Waals surface area contributed by atoms with Crippen LogP contribution < -0.4 is 9.80 Å². The standard InChI is InChI=1S/C19H23F2N3O2/c1-10-3-5-24(10)18-11-2-4-19(20,21)15(11)7-16(22-18)23-8-13-12(6-17(25)26)14(13)9-23/h7,10,12-14H,2-6,8-9H2,1H3,(H,25,26)/t10-,12-,13-,14+/m0/s1. The molecule has 0 spiro atoms. The van der Waals surface area contributed by atoms with E-state index < -0.39 is 11.9 Å². The van der Waals surface area contributed by atoms with E-state index in [0.29, 0.717) is 30.1 Å². The van der Waals surface area contributed by atoms with Crippen LogP contribution in [-0.4, -0.2) is 41.7 Å². The van der Waals surface area contributed by atoms with Crippen molar-refractivity contribution in [3.05, 3.63) is 17.2 Å². The number of fused-ring (bicyclic) bond motifs is 2. The first kappa shape index (κ1) is 16.3. The van der Waals surface area contributed by atoms with E-state index in [1.54, 1.807) is 6.07 Å². The van der Waals surface area contributed by atoms with Gasteiger partial charge in [0.05, 0.1) is 0 Å². The van der Waals surface area contributed by atoms with Crippen LogP contribution in [0, 0.1) is 17.8 Å². The van der Waals surface area contributed by atoms with Crippen LogP contribution in [0.3, 0.4) is 0 Å².